The summed E-state index contributed by atoms with van der Waals surface area (Å²) in [5, 5.41) is 17.7. The van der Waals surface area contributed by atoms with Crippen LogP contribution in [0, 0.1) is 11.8 Å². The van der Waals surface area contributed by atoms with Crippen LogP contribution in [0.1, 0.15) is 29.5 Å². The summed E-state index contributed by atoms with van der Waals surface area (Å²) in [5.74, 6) is 5.57. The minimum atomic E-state index is -0.0969. The number of hydrogen-bond donors (Lipinski definition) is 2. The predicted octanol–water partition coefficient (Wildman–Crippen LogP) is 1.69. The van der Waals surface area contributed by atoms with Crippen molar-refractivity contribution in [1.82, 2.24) is 4.90 Å². The Balaban J connectivity index is 2.54. The zero-order chi connectivity index (χ0) is 13.2. The van der Waals surface area contributed by atoms with Gasteiger partial charge in [0.1, 0.15) is 6.61 Å². The Morgan fingerprint density at radius 3 is 2.78 bits per heavy atom. The van der Waals surface area contributed by atoms with Gasteiger partial charge in [-0.2, -0.15) is 0 Å². The molecule has 0 atom stereocenters. The monoisotopic (exact) mass is 267 g/mol. The van der Waals surface area contributed by atoms with Crippen LogP contribution in [0.2, 0.25) is 0 Å². The molecule has 0 aromatic carbocycles. The summed E-state index contributed by atoms with van der Waals surface area (Å²) in [4.78, 5) is 4.50. The number of aliphatic hydroxyl groups is 2. The Morgan fingerprint density at radius 1 is 1.28 bits per heavy atom. The van der Waals surface area contributed by atoms with Gasteiger partial charge in [-0.1, -0.05) is 25.2 Å². The molecule has 0 bridgehead atoms. The first-order valence-electron chi connectivity index (χ1n) is 6.31. The SMILES string of the molecule is CCCCN(CCO)Cc1ccc(C#CCO)s1. The maximum Gasteiger partial charge on any atom is 0.104 e. The van der Waals surface area contributed by atoms with Crippen molar-refractivity contribution in [1.29, 1.82) is 0 Å². The molecule has 0 aliphatic rings. The van der Waals surface area contributed by atoms with Crippen LogP contribution in [0.4, 0.5) is 0 Å². The lowest BCUT2D eigenvalue weighted by atomic mass is 10.3. The van der Waals surface area contributed by atoms with Gasteiger partial charge >= 0.3 is 0 Å². The predicted molar refractivity (Wildman–Crippen MR) is 75.6 cm³/mol. The number of rotatable bonds is 7. The second kappa shape index (κ2) is 9.12. The quantitative estimate of drug-likeness (QED) is 0.739. The van der Waals surface area contributed by atoms with Crippen LogP contribution in [-0.4, -0.2) is 41.4 Å². The molecule has 100 valence electrons. The molecule has 4 heteroatoms. The summed E-state index contributed by atoms with van der Waals surface area (Å²) in [7, 11) is 0. The molecule has 1 rings (SSSR count). The molecular formula is C14H21NO2S. The molecule has 0 unspecified atom stereocenters. The first-order valence-corrected chi connectivity index (χ1v) is 7.13. The third kappa shape index (κ3) is 5.65. The standard InChI is InChI=1S/C14H21NO2S/c1-2-3-8-15(9-11-17)12-14-7-6-13(18-14)5-4-10-16/h6-7,16-17H,2-3,8-12H2,1H3. The molecule has 0 saturated heterocycles. The van der Waals surface area contributed by atoms with Gasteiger partial charge in [-0.05, 0) is 25.1 Å². The second-order valence-corrected chi connectivity index (χ2v) is 5.25. The highest BCUT2D eigenvalue weighted by atomic mass is 32.1. The van der Waals surface area contributed by atoms with E-state index in [1.165, 1.54) is 11.3 Å². The normalized spacial score (nSPS) is 10.4. The Kier molecular flexibility index (Phi) is 7.70. The van der Waals surface area contributed by atoms with E-state index in [1.807, 2.05) is 6.07 Å². The van der Waals surface area contributed by atoms with Crippen LogP contribution in [0.3, 0.4) is 0 Å². The highest BCUT2D eigenvalue weighted by Crippen LogP contribution is 2.17. The number of hydrogen-bond acceptors (Lipinski definition) is 4. The van der Waals surface area contributed by atoms with Gasteiger partial charge in [-0.25, -0.2) is 0 Å². The topological polar surface area (TPSA) is 43.7 Å². The lowest BCUT2D eigenvalue weighted by molar-refractivity contribution is 0.189. The zero-order valence-corrected chi connectivity index (χ0v) is 11.7. The fraction of sp³-hybridized carbons (Fsp3) is 0.571. The zero-order valence-electron chi connectivity index (χ0n) is 10.9. The summed E-state index contributed by atoms with van der Waals surface area (Å²) in [6.45, 7) is 4.88. The van der Waals surface area contributed by atoms with E-state index in [-0.39, 0.29) is 13.2 Å². The van der Waals surface area contributed by atoms with Crippen molar-refractivity contribution in [3.05, 3.63) is 21.9 Å². The Hall–Kier alpha value is -0.860. The first kappa shape index (κ1) is 15.2. The van der Waals surface area contributed by atoms with Crippen LogP contribution in [-0.2, 0) is 6.54 Å². The molecule has 0 spiro atoms. The second-order valence-electron chi connectivity index (χ2n) is 4.08. The summed E-state index contributed by atoms with van der Waals surface area (Å²) >= 11 is 1.65. The minimum absolute atomic E-state index is 0.0969. The molecule has 0 aliphatic heterocycles. The van der Waals surface area contributed by atoms with E-state index in [9.17, 15) is 0 Å². The molecule has 1 aromatic heterocycles. The fourth-order valence-corrected chi connectivity index (χ4v) is 2.60. The first-order chi connectivity index (χ1) is 8.80. The van der Waals surface area contributed by atoms with E-state index >= 15 is 0 Å². The smallest absolute Gasteiger partial charge is 0.104 e. The Labute approximate surface area is 113 Å². The van der Waals surface area contributed by atoms with Crippen molar-refractivity contribution in [2.75, 3.05) is 26.3 Å². The highest BCUT2D eigenvalue weighted by Gasteiger charge is 2.06. The molecule has 1 aromatic rings. The van der Waals surface area contributed by atoms with Crippen LogP contribution in [0.5, 0.6) is 0 Å². The highest BCUT2D eigenvalue weighted by molar-refractivity contribution is 7.12. The van der Waals surface area contributed by atoms with E-state index in [4.69, 9.17) is 10.2 Å². The van der Waals surface area contributed by atoms with Gasteiger partial charge in [0.15, 0.2) is 0 Å². The van der Waals surface area contributed by atoms with E-state index in [0.717, 1.165) is 30.9 Å². The van der Waals surface area contributed by atoms with Crippen LogP contribution in [0.15, 0.2) is 12.1 Å². The summed E-state index contributed by atoms with van der Waals surface area (Å²) < 4.78 is 0. The van der Waals surface area contributed by atoms with E-state index in [2.05, 4.69) is 29.7 Å². The van der Waals surface area contributed by atoms with Gasteiger partial charge in [0.05, 0.1) is 11.5 Å². The van der Waals surface area contributed by atoms with Gasteiger partial charge in [-0.3, -0.25) is 4.90 Å². The molecular weight excluding hydrogens is 246 g/mol. The van der Waals surface area contributed by atoms with E-state index < -0.39 is 0 Å². The van der Waals surface area contributed by atoms with Crippen molar-refractivity contribution in [2.24, 2.45) is 0 Å². The number of unbranched alkanes of at least 4 members (excludes halogenated alkanes) is 1. The average Bonchev–Trinajstić information content (AvgIpc) is 2.81. The van der Waals surface area contributed by atoms with E-state index in [0.29, 0.717) is 0 Å². The van der Waals surface area contributed by atoms with Gasteiger partial charge in [0.25, 0.3) is 0 Å². The Bertz CT molecular complexity index is 392. The minimum Gasteiger partial charge on any atom is -0.395 e. The molecule has 2 N–H and O–H groups in total. The van der Waals surface area contributed by atoms with Crippen molar-refractivity contribution < 1.29 is 10.2 Å². The van der Waals surface area contributed by atoms with Crippen LogP contribution < -0.4 is 0 Å². The summed E-state index contributed by atoms with van der Waals surface area (Å²) in [5.41, 5.74) is 0. The average molecular weight is 267 g/mol. The third-order valence-electron chi connectivity index (χ3n) is 2.58. The third-order valence-corrected chi connectivity index (χ3v) is 3.56. The van der Waals surface area contributed by atoms with Crippen molar-refractivity contribution >= 4 is 11.3 Å². The molecule has 0 aliphatic carbocycles. The maximum absolute atomic E-state index is 9.05. The molecule has 3 nitrogen and oxygen atoms in total. The molecule has 0 amide bonds. The van der Waals surface area contributed by atoms with Crippen molar-refractivity contribution in [3.63, 3.8) is 0 Å². The van der Waals surface area contributed by atoms with Crippen LogP contribution >= 0.6 is 11.3 Å². The van der Waals surface area contributed by atoms with Gasteiger partial charge in [-0.15, -0.1) is 11.3 Å². The summed E-state index contributed by atoms with van der Waals surface area (Å²) in [6.07, 6.45) is 2.32. The lowest BCUT2D eigenvalue weighted by Gasteiger charge is -2.19. The summed E-state index contributed by atoms with van der Waals surface area (Å²) in [6, 6.07) is 4.06. The molecule has 1 heterocycles. The Morgan fingerprint density at radius 2 is 2.11 bits per heavy atom. The molecule has 0 saturated carbocycles. The van der Waals surface area contributed by atoms with Gasteiger partial charge < -0.3 is 10.2 Å². The molecule has 18 heavy (non-hydrogen) atoms. The maximum atomic E-state index is 9.05. The lowest BCUT2D eigenvalue weighted by Crippen LogP contribution is -2.27. The number of nitrogens with zero attached hydrogens (tertiary/aromatic N) is 1. The van der Waals surface area contributed by atoms with Gasteiger partial charge in [0, 0.05) is 18.0 Å². The molecule has 0 radical (unpaired) electrons. The van der Waals surface area contributed by atoms with E-state index in [1.54, 1.807) is 11.3 Å². The molecule has 0 fully saturated rings. The van der Waals surface area contributed by atoms with Gasteiger partial charge in [0.2, 0.25) is 0 Å². The van der Waals surface area contributed by atoms with Crippen LogP contribution in [0.25, 0.3) is 0 Å². The van der Waals surface area contributed by atoms with Crippen molar-refractivity contribution in [3.8, 4) is 11.8 Å². The van der Waals surface area contributed by atoms with Crippen molar-refractivity contribution in [2.45, 2.75) is 26.3 Å². The fourth-order valence-electron chi connectivity index (χ4n) is 1.67. The number of aliphatic hydroxyl groups excluding tert-OH is 2. The number of thiophene rings is 1. The largest absolute Gasteiger partial charge is 0.395 e.